The number of nitrogens with one attached hydrogen (secondary N) is 1. The van der Waals surface area contributed by atoms with Gasteiger partial charge in [-0.1, -0.05) is 56.3 Å². The summed E-state index contributed by atoms with van der Waals surface area (Å²) >= 11 is 0. The molecular weight excluding hydrogens is 310 g/mol. The normalized spacial score (nSPS) is 12.5. The summed E-state index contributed by atoms with van der Waals surface area (Å²) in [7, 11) is 1.65. The Morgan fingerprint density at radius 3 is 2.32 bits per heavy atom. The number of rotatable bonds is 8. The van der Waals surface area contributed by atoms with Gasteiger partial charge >= 0.3 is 0 Å². The van der Waals surface area contributed by atoms with Gasteiger partial charge in [-0.25, -0.2) is 0 Å². The molecule has 0 saturated carbocycles. The van der Waals surface area contributed by atoms with Crippen LogP contribution in [0.3, 0.4) is 0 Å². The van der Waals surface area contributed by atoms with Crippen molar-refractivity contribution < 1.29 is 9.53 Å². The fourth-order valence-corrected chi connectivity index (χ4v) is 3.22. The predicted octanol–water partition coefficient (Wildman–Crippen LogP) is 4.50. The lowest BCUT2D eigenvalue weighted by Crippen LogP contribution is -2.37. The van der Waals surface area contributed by atoms with Gasteiger partial charge in [0.2, 0.25) is 5.91 Å². The van der Waals surface area contributed by atoms with Crippen LogP contribution < -0.4 is 10.1 Å². The van der Waals surface area contributed by atoms with E-state index >= 15 is 0 Å². The summed E-state index contributed by atoms with van der Waals surface area (Å²) in [5.41, 5.74) is 2.48. The number of carbonyl (C=O) groups is 1. The number of benzene rings is 2. The molecule has 2 rings (SSSR count). The minimum Gasteiger partial charge on any atom is -0.497 e. The van der Waals surface area contributed by atoms with Gasteiger partial charge in [-0.3, -0.25) is 4.79 Å². The zero-order chi connectivity index (χ0) is 18.3. The molecule has 134 valence electrons. The number of hydrogen-bond donors (Lipinski definition) is 1. The molecule has 2 aromatic carbocycles. The van der Waals surface area contributed by atoms with E-state index in [1.807, 2.05) is 30.3 Å². The average Bonchev–Trinajstić information content (AvgIpc) is 2.60. The van der Waals surface area contributed by atoms with Gasteiger partial charge in [-0.2, -0.15) is 0 Å². The largest absolute Gasteiger partial charge is 0.497 e. The smallest absolute Gasteiger partial charge is 0.220 e. The molecule has 0 spiro atoms. The Bertz CT molecular complexity index is 662. The van der Waals surface area contributed by atoms with Gasteiger partial charge in [-0.05, 0) is 48.4 Å². The molecule has 0 aliphatic rings. The van der Waals surface area contributed by atoms with Crippen LogP contribution in [-0.4, -0.2) is 19.1 Å². The van der Waals surface area contributed by atoms with Crippen molar-refractivity contribution >= 4 is 5.91 Å². The number of aryl methyl sites for hydroxylation is 1. The van der Waals surface area contributed by atoms with E-state index in [0.29, 0.717) is 6.42 Å². The maximum absolute atomic E-state index is 12.2. The van der Waals surface area contributed by atoms with Crippen LogP contribution in [0, 0.1) is 0 Å². The topological polar surface area (TPSA) is 38.3 Å². The lowest BCUT2D eigenvalue weighted by molar-refractivity contribution is -0.121. The highest BCUT2D eigenvalue weighted by Gasteiger charge is 2.23. The van der Waals surface area contributed by atoms with Crippen LogP contribution in [0.2, 0.25) is 0 Å². The summed E-state index contributed by atoms with van der Waals surface area (Å²) < 4.78 is 5.15. The highest BCUT2D eigenvalue weighted by atomic mass is 16.5. The summed E-state index contributed by atoms with van der Waals surface area (Å²) in [5, 5.41) is 3.13. The Labute approximate surface area is 151 Å². The SMILES string of the molecule is COc1ccc(CCC(=O)N[C@@H](C)CC(C)(C)c2ccccc2)cc1. The van der Waals surface area contributed by atoms with E-state index in [0.717, 1.165) is 24.2 Å². The van der Waals surface area contributed by atoms with Crippen molar-refractivity contribution in [3.63, 3.8) is 0 Å². The summed E-state index contributed by atoms with van der Waals surface area (Å²) in [4.78, 5) is 12.2. The first-order valence-corrected chi connectivity index (χ1v) is 8.88. The van der Waals surface area contributed by atoms with E-state index in [1.165, 1.54) is 5.56 Å². The Kier molecular flexibility index (Phi) is 6.63. The number of hydrogen-bond acceptors (Lipinski definition) is 2. The van der Waals surface area contributed by atoms with E-state index in [-0.39, 0.29) is 17.4 Å². The van der Waals surface area contributed by atoms with Crippen molar-refractivity contribution in [2.24, 2.45) is 0 Å². The Morgan fingerprint density at radius 2 is 1.72 bits per heavy atom. The van der Waals surface area contributed by atoms with E-state index in [9.17, 15) is 4.79 Å². The predicted molar refractivity (Wildman–Crippen MR) is 103 cm³/mol. The molecule has 0 bridgehead atoms. The van der Waals surface area contributed by atoms with E-state index in [1.54, 1.807) is 7.11 Å². The molecule has 0 saturated heterocycles. The van der Waals surface area contributed by atoms with Crippen molar-refractivity contribution in [2.45, 2.75) is 51.5 Å². The molecule has 1 N–H and O–H groups in total. The highest BCUT2D eigenvalue weighted by Crippen LogP contribution is 2.28. The van der Waals surface area contributed by atoms with Crippen LogP contribution in [-0.2, 0) is 16.6 Å². The van der Waals surface area contributed by atoms with Gasteiger partial charge in [0.25, 0.3) is 0 Å². The molecule has 1 amide bonds. The third-order valence-electron chi connectivity index (χ3n) is 4.58. The number of methoxy groups -OCH3 is 1. The van der Waals surface area contributed by atoms with Crippen molar-refractivity contribution in [2.75, 3.05) is 7.11 Å². The summed E-state index contributed by atoms with van der Waals surface area (Å²) in [6.45, 7) is 6.53. The van der Waals surface area contributed by atoms with Crippen LogP contribution in [0.15, 0.2) is 54.6 Å². The standard InChI is InChI=1S/C22H29NO2/c1-17(16-22(2,3)19-8-6-5-7-9-19)23-21(24)15-12-18-10-13-20(25-4)14-11-18/h5-11,13-14,17H,12,15-16H2,1-4H3,(H,23,24)/t17-/m0/s1. The van der Waals surface area contributed by atoms with Crippen molar-refractivity contribution in [1.82, 2.24) is 5.32 Å². The first-order chi connectivity index (χ1) is 11.9. The quantitative estimate of drug-likeness (QED) is 0.769. The van der Waals surface area contributed by atoms with Gasteiger partial charge in [0.1, 0.15) is 5.75 Å². The second-order valence-electron chi connectivity index (χ2n) is 7.27. The van der Waals surface area contributed by atoms with Gasteiger partial charge < -0.3 is 10.1 Å². The van der Waals surface area contributed by atoms with Gasteiger partial charge in [0.05, 0.1) is 7.11 Å². The molecule has 0 heterocycles. The lowest BCUT2D eigenvalue weighted by atomic mass is 9.79. The molecule has 3 nitrogen and oxygen atoms in total. The molecule has 1 atom stereocenters. The summed E-state index contributed by atoms with van der Waals surface area (Å²) in [5.74, 6) is 0.942. The molecule has 25 heavy (non-hydrogen) atoms. The Balaban J connectivity index is 1.81. The minimum atomic E-state index is 0.0317. The second kappa shape index (κ2) is 8.70. The number of carbonyl (C=O) groups excluding carboxylic acids is 1. The molecule has 0 aliphatic carbocycles. The molecule has 2 aromatic rings. The van der Waals surface area contributed by atoms with Gasteiger partial charge in [0.15, 0.2) is 0 Å². The zero-order valence-electron chi connectivity index (χ0n) is 15.7. The molecule has 0 radical (unpaired) electrons. The summed E-state index contributed by atoms with van der Waals surface area (Å²) in [6.07, 6.45) is 2.15. The monoisotopic (exact) mass is 339 g/mol. The first-order valence-electron chi connectivity index (χ1n) is 8.88. The minimum absolute atomic E-state index is 0.0317. The average molecular weight is 339 g/mol. The molecular formula is C22H29NO2. The Morgan fingerprint density at radius 1 is 1.08 bits per heavy atom. The third-order valence-corrected chi connectivity index (χ3v) is 4.58. The zero-order valence-corrected chi connectivity index (χ0v) is 15.7. The molecule has 3 heteroatoms. The number of ether oxygens (including phenoxy) is 1. The molecule has 0 aliphatic heterocycles. The van der Waals surface area contributed by atoms with Crippen LogP contribution in [0.5, 0.6) is 5.75 Å². The lowest BCUT2D eigenvalue weighted by Gasteiger charge is -2.29. The maximum atomic E-state index is 12.2. The molecule has 0 unspecified atom stereocenters. The highest BCUT2D eigenvalue weighted by molar-refractivity contribution is 5.76. The number of amides is 1. The van der Waals surface area contributed by atoms with Crippen molar-refractivity contribution in [3.8, 4) is 5.75 Å². The fourth-order valence-electron chi connectivity index (χ4n) is 3.22. The summed E-state index contributed by atoms with van der Waals surface area (Å²) in [6, 6.07) is 18.5. The maximum Gasteiger partial charge on any atom is 0.220 e. The van der Waals surface area contributed by atoms with Crippen molar-refractivity contribution in [1.29, 1.82) is 0 Å². The van der Waals surface area contributed by atoms with Crippen molar-refractivity contribution in [3.05, 3.63) is 65.7 Å². The van der Waals surface area contributed by atoms with Crippen LogP contribution >= 0.6 is 0 Å². The van der Waals surface area contributed by atoms with Crippen LogP contribution in [0.1, 0.15) is 44.7 Å². The van der Waals surface area contributed by atoms with Crippen LogP contribution in [0.25, 0.3) is 0 Å². The van der Waals surface area contributed by atoms with Gasteiger partial charge in [0, 0.05) is 12.5 Å². The van der Waals surface area contributed by atoms with E-state index in [4.69, 9.17) is 4.74 Å². The van der Waals surface area contributed by atoms with Crippen LogP contribution in [0.4, 0.5) is 0 Å². The third kappa shape index (κ3) is 5.93. The Hall–Kier alpha value is -2.29. The second-order valence-corrected chi connectivity index (χ2v) is 7.27. The first kappa shape index (κ1) is 19.0. The molecule has 0 aromatic heterocycles. The molecule has 0 fully saturated rings. The van der Waals surface area contributed by atoms with Gasteiger partial charge in [-0.15, -0.1) is 0 Å². The van der Waals surface area contributed by atoms with E-state index < -0.39 is 0 Å². The van der Waals surface area contributed by atoms with E-state index in [2.05, 4.69) is 50.4 Å². The fraction of sp³-hybridized carbons (Fsp3) is 0.409.